The van der Waals surface area contributed by atoms with E-state index in [0.29, 0.717) is 17.7 Å². The molecular formula is C15H20N4O2. The fraction of sp³-hybridized carbons (Fsp3) is 0.533. The number of carboxylic acids is 1. The summed E-state index contributed by atoms with van der Waals surface area (Å²) in [5.41, 5.74) is 0.623. The van der Waals surface area contributed by atoms with Gasteiger partial charge in [0.2, 0.25) is 0 Å². The second-order valence-electron chi connectivity index (χ2n) is 5.87. The van der Waals surface area contributed by atoms with Gasteiger partial charge in [0, 0.05) is 24.7 Å². The predicted octanol–water partition coefficient (Wildman–Crippen LogP) is 1.84. The van der Waals surface area contributed by atoms with Crippen LogP contribution in [0, 0.1) is 0 Å². The Morgan fingerprint density at radius 3 is 3.00 bits per heavy atom. The van der Waals surface area contributed by atoms with Crippen molar-refractivity contribution in [2.75, 3.05) is 6.54 Å². The zero-order valence-electron chi connectivity index (χ0n) is 12.4. The van der Waals surface area contributed by atoms with Crippen LogP contribution in [0.1, 0.15) is 42.9 Å². The summed E-state index contributed by atoms with van der Waals surface area (Å²) < 4.78 is 1.81. The zero-order valence-corrected chi connectivity index (χ0v) is 12.4. The minimum Gasteiger partial charge on any atom is -0.478 e. The van der Waals surface area contributed by atoms with Gasteiger partial charge in [0.25, 0.3) is 0 Å². The lowest BCUT2D eigenvalue weighted by Crippen LogP contribution is -2.37. The topological polar surface area (TPSA) is 70.7 Å². The molecule has 0 bridgehead atoms. The number of nitrogens with zero attached hydrogens (tertiary/aromatic N) is 4. The van der Waals surface area contributed by atoms with E-state index in [4.69, 9.17) is 0 Å². The van der Waals surface area contributed by atoms with E-state index in [2.05, 4.69) is 28.9 Å². The van der Waals surface area contributed by atoms with Gasteiger partial charge >= 0.3 is 5.97 Å². The molecule has 1 aliphatic rings. The number of likely N-dealkylation sites (tertiary alicyclic amines) is 1. The molecule has 1 unspecified atom stereocenters. The zero-order chi connectivity index (χ0) is 15.0. The lowest BCUT2D eigenvalue weighted by Gasteiger charge is -2.27. The number of pyridine rings is 1. The maximum absolute atomic E-state index is 11.2. The van der Waals surface area contributed by atoms with Crippen LogP contribution < -0.4 is 0 Å². The third kappa shape index (κ3) is 2.51. The number of carboxylic acid groups (broad SMARTS) is 1. The van der Waals surface area contributed by atoms with E-state index >= 15 is 0 Å². The molecule has 1 fully saturated rings. The highest BCUT2D eigenvalue weighted by Gasteiger charge is 2.28. The van der Waals surface area contributed by atoms with E-state index in [1.807, 2.05) is 6.20 Å². The summed E-state index contributed by atoms with van der Waals surface area (Å²) in [5, 5.41) is 17.5. The van der Waals surface area contributed by atoms with E-state index < -0.39 is 5.97 Å². The molecule has 1 aliphatic heterocycles. The lowest BCUT2D eigenvalue weighted by atomic mass is 10.1. The Labute approximate surface area is 123 Å². The molecule has 0 saturated carbocycles. The Morgan fingerprint density at radius 1 is 1.48 bits per heavy atom. The van der Waals surface area contributed by atoms with Gasteiger partial charge in [-0.15, -0.1) is 10.2 Å². The fourth-order valence-corrected chi connectivity index (χ4v) is 3.24. The number of fused-ring (bicyclic) bond motifs is 1. The molecule has 0 amide bonds. The van der Waals surface area contributed by atoms with Crippen LogP contribution in [0.2, 0.25) is 0 Å². The van der Waals surface area contributed by atoms with Gasteiger partial charge in [0.05, 0.1) is 0 Å². The normalized spacial score (nSPS) is 19.7. The van der Waals surface area contributed by atoms with Gasteiger partial charge in [-0.2, -0.15) is 0 Å². The SMILES string of the molecule is CC(C)N1CCCC1Cc1nnc2c(C(=O)O)cccn12. The molecule has 1 saturated heterocycles. The summed E-state index contributed by atoms with van der Waals surface area (Å²) in [7, 11) is 0. The highest BCUT2D eigenvalue weighted by atomic mass is 16.4. The average molecular weight is 288 g/mol. The van der Waals surface area contributed by atoms with Crippen molar-refractivity contribution < 1.29 is 9.90 Å². The Bertz CT molecular complexity index is 665. The summed E-state index contributed by atoms with van der Waals surface area (Å²) >= 11 is 0. The van der Waals surface area contributed by atoms with Gasteiger partial charge in [0.1, 0.15) is 11.4 Å². The summed E-state index contributed by atoms with van der Waals surface area (Å²) in [5.74, 6) is -0.130. The molecule has 3 heterocycles. The standard InChI is InChI=1S/C15H20N4O2/c1-10(2)18-7-3-5-11(18)9-13-16-17-14-12(15(20)21)6-4-8-19(13)14/h4,6,8,10-11H,3,5,7,9H2,1-2H3,(H,20,21). The van der Waals surface area contributed by atoms with Crippen LogP contribution in [0.15, 0.2) is 18.3 Å². The van der Waals surface area contributed by atoms with Crippen LogP contribution in [0.4, 0.5) is 0 Å². The second-order valence-corrected chi connectivity index (χ2v) is 5.87. The molecule has 2 aromatic heterocycles. The van der Waals surface area contributed by atoms with Crippen molar-refractivity contribution in [3.63, 3.8) is 0 Å². The van der Waals surface area contributed by atoms with Gasteiger partial charge in [0.15, 0.2) is 5.65 Å². The van der Waals surface area contributed by atoms with Crippen LogP contribution in [0.3, 0.4) is 0 Å². The van der Waals surface area contributed by atoms with E-state index in [0.717, 1.165) is 25.2 Å². The molecule has 0 aliphatic carbocycles. The summed E-state index contributed by atoms with van der Waals surface area (Å²) in [6.45, 7) is 5.55. The molecular weight excluding hydrogens is 268 g/mol. The first-order valence-electron chi connectivity index (χ1n) is 7.39. The number of hydrogen-bond donors (Lipinski definition) is 1. The molecule has 6 nitrogen and oxygen atoms in total. The molecule has 0 aromatic carbocycles. The van der Waals surface area contributed by atoms with Crippen molar-refractivity contribution in [1.82, 2.24) is 19.5 Å². The number of carbonyl (C=O) groups is 1. The lowest BCUT2D eigenvalue weighted by molar-refractivity contribution is 0.0698. The van der Waals surface area contributed by atoms with Gasteiger partial charge in [-0.3, -0.25) is 9.30 Å². The van der Waals surface area contributed by atoms with Crippen LogP contribution in [0.25, 0.3) is 5.65 Å². The summed E-state index contributed by atoms with van der Waals surface area (Å²) in [6, 6.07) is 4.28. The van der Waals surface area contributed by atoms with E-state index in [9.17, 15) is 9.90 Å². The Balaban J connectivity index is 1.92. The molecule has 1 atom stereocenters. The van der Waals surface area contributed by atoms with Crippen LogP contribution in [0.5, 0.6) is 0 Å². The minimum absolute atomic E-state index is 0.198. The number of aromatic nitrogens is 3. The monoisotopic (exact) mass is 288 g/mol. The Kier molecular flexibility index (Phi) is 3.63. The predicted molar refractivity (Wildman–Crippen MR) is 78.5 cm³/mol. The third-order valence-corrected chi connectivity index (χ3v) is 4.24. The molecule has 3 rings (SSSR count). The molecule has 21 heavy (non-hydrogen) atoms. The Hall–Kier alpha value is -1.95. The fourth-order valence-electron chi connectivity index (χ4n) is 3.24. The first-order chi connectivity index (χ1) is 10.1. The van der Waals surface area contributed by atoms with Gasteiger partial charge in [-0.05, 0) is 45.4 Å². The Morgan fingerprint density at radius 2 is 2.29 bits per heavy atom. The maximum atomic E-state index is 11.2. The van der Waals surface area contributed by atoms with Crippen LogP contribution in [-0.4, -0.2) is 49.2 Å². The van der Waals surface area contributed by atoms with E-state index in [1.54, 1.807) is 16.5 Å². The van der Waals surface area contributed by atoms with Crippen molar-refractivity contribution in [2.45, 2.75) is 45.2 Å². The van der Waals surface area contributed by atoms with Gasteiger partial charge in [-0.25, -0.2) is 4.79 Å². The summed E-state index contributed by atoms with van der Waals surface area (Å²) in [4.78, 5) is 13.7. The smallest absolute Gasteiger partial charge is 0.339 e. The largest absolute Gasteiger partial charge is 0.478 e. The maximum Gasteiger partial charge on any atom is 0.339 e. The van der Waals surface area contributed by atoms with Crippen molar-refractivity contribution in [2.24, 2.45) is 0 Å². The van der Waals surface area contributed by atoms with Crippen molar-refractivity contribution in [1.29, 1.82) is 0 Å². The first-order valence-corrected chi connectivity index (χ1v) is 7.39. The van der Waals surface area contributed by atoms with Crippen LogP contribution >= 0.6 is 0 Å². The first kappa shape index (κ1) is 14.0. The quantitative estimate of drug-likeness (QED) is 0.929. The highest BCUT2D eigenvalue weighted by Crippen LogP contribution is 2.23. The molecule has 0 spiro atoms. The molecule has 2 aromatic rings. The molecule has 0 radical (unpaired) electrons. The minimum atomic E-state index is -0.968. The highest BCUT2D eigenvalue weighted by molar-refractivity contribution is 5.94. The van der Waals surface area contributed by atoms with Crippen molar-refractivity contribution >= 4 is 11.6 Å². The summed E-state index contributed by atoms with van der Waals surface area (Å²) in [6.07, 6.45) is 5.01. The average Bonchev–Trinajstić information content (AvgIpc) is 3.06. The van der Waals surface area contributed by atoms with Crippen molar-refractivity contribution in [3.8, 4) is 0 Å². The molecule has 6 heteroatoms. The van der Waals surface area contributed by atoms with Crippen molar-refractivity contribution in [3.05, 3.63) is 29.7 Å². The van der Waals surface area contributed by atoms with E-state index in [1.165, 1.54) is 6.42 Å². The molecule has 112 valence electrons. The number of hydrogen-bond acceptors (Lipinski definition) is 4. The van der Waals surface area contributed by atoms with E-state index in [-0.39, 0.29) is 5.56 Å². The second kappa shape index (κ2) is 5.44. The number of rotatable bonds is 4. The third-order valence-electron chi connectivity index (χ3n) is 4.24. The number of aromatic carboxylic acids is 1. The molecule has 1 N–H and O–H groups in total. The van der Waals surface area contributed by atoms with Crippen LogP contribution in [-0.2, 0) is 6.42 Å². The van der Waals surface area contributed by atoms with Gasteiger partial charge in [-0.1, -0.05) is 0 Å². The van der Waals surface area contributed by atoms with Gasteiger partial charge < -0.3 is 5.11 Å².